The molecule has 0 aliphatic heterocycles. The Hall–Kier alpha value is -2.02. The van der Waals surface area contributed by atoms with E-state index < -0.39 is 6.04 Å². The summed E-state index contributed by atoms with van der Waals surface area (Å²) < 4.78 is 5.59. The van der Waals surface area contributed by atoms with E-state index in [1.807, 2.05) is 45.0 Å². The van der Waals surface area contributed by atoms with Gasteiger partial charge in [0.25, 0.3) is 0 Å². The molecular formula is C15H20N2O2. The predicted molar refractivity (Wildman–Crippen MR) is 73.9 cm³/mol. The topological polar surface area (TPSA) is 62.1 Å². The van der Waals surface area contributed by atoms with Crippen molar-refractivity contribution in [2.45, 2.75) is 39.7 Å². The summed E-state index contributed by atoms with van der Waals surface area (Å²) in [6, 6.07) is 7.47. The normalized spacial score (nSPS) is 11.5. The van der Waals surface area contributed by atoms with E-state index >= 15 is 0 Å². The number of nitrogens with one attached hydrogen (secondary N) is 1. The molecule has 0 unspecified atom stereocenters. The van der Waals surface area contributed by atoms with Crippen molar-refractivity contribution in [2.24, 2.45) is 0 Å². The van der Waals surface area contributed by atoms with Gasteiger partial charge in [0.1, 0.15) is 11.8 Å². The molecule has 0 radical (unpaired) electrons. The van der Waals surface area contributed by atoms with Gasteiger partial charge in [-0.25, -0.2) is 0 Å². The summed E-state index contributed by atoms with van der Waals surface area (Å²) in [5.41, 5.74) is 2.25. The highest BCUT2D eigenvalue weighted by Crippen LogP contribution is 2.20. The van der Waals surface area contributed by atoms with Crippen molar-refractivity contribution in [3.63, 3.8) is 0 Å². The third kappa shape index (κ3) is 4.63. The van der Waals surface area contributed by atoms with Crippen LogP contribution in [-0.2, 0) is 4.79 Å². The van der Waals surface area contributed by atoms with Gasteiger partial charge in [0.2, 0.25) is 5.91 Å². The second kappa shape index (κ2) is 7.42. The van der Waals surface area contributed by atoms with Crippen LogP contribution in [0.3, 0.4) is 0 Å². The molecule has 0 aliphatic rings. The average molecular weight is 260 g/mol. The van der Waals surface area contributed by atoms with Crippen LogP contribution in [0.5, 0.6) is 5.75 Å². The second-order valence-electron chi connectivity index (χ2n) is 4.45. The van der Waals surface area contributed by atoms with E-state index in [4.69, 9.17) is 10.00 Å². The van der Waals surface area contributed by atoms with Crippen LogP contribution < -0.4 is 10.1 Å². The summed E-state index contributed by atoms with van der Waals surface area (Å²) in [6.07, 6.45) is 0.867. The number of hydrogen-bond donors (Lipinski definition) is 1. The minimum atomic E-state index is -0.409. The number of rotatable bonds is 6. The molecule has 0 bridgehead atoms. The second-order valence-corrected chi connectivity index (χ2v) is 4.45. The van der Waals surface area contributed by atoms with E-state index in [0.717, 1.165) is 16.9 Å². The van der Waals surface area contributed by atoms with E-state index in [2.05, 4.69) is 5.32 Å². The number of carbonyl (C=O) groups excluding carboxylic acids is 1. The lowest BCUT2D eigenvalue weighted by molar-refractivity contribution is -0.121. The SMILES string of the molecule is CC[C@H](C#N)NC(=O)CCOc1cccc(C)c1C. The van der Waals surface area contributed by atoms with Crippen molar-refractivity contribution >= 4 is 5.91 Å². The van der Waals surface area contributed by atoms with Crippen LogP contribution in [0.25, 0.3) is 0 Å². The number of nitriles is 1. The highest BCUT2D eigenvalue weighted by molar-refractivity contribution is 5.76. The van der Waals surface area contributed by atoms with Gasteiger partial charge in [-0.2, -0.15) is 5.26 Å². The van der Waals surface area contributed by atoms with Crippen LogP contribution >= 0.6 is 0 Å². The fourth-order valence-electron chi connectivity index (χ4n) is 1.63. The fraction of sp³-hybridized carbons (Fsp3) is 0.467. The maximum absolute atomic E-state index is 11.6. The quantitative estimate of drug-likeness (QED) is 0.854. The summed E-state index contributed by atoms with van der Waals surface area (Å²) in [5, 5.41) is 11.4. The molecule has 1 rings (SSSR count). The maximum atomic E-state index is 11.6. The molecule has 4 nitrogen and oxygen atoms in total. The molecule has 102 valence electrons. The number of amides is 1. The lowest BCUT2D eigenvalue weighted by atomic mass is 10.1. The van der Waals surface area contributed by atoms with E-state index in [0.29, 0.717) is 13.0 Å². The number of aryl methyl sites for hydroxylation is 1. The van der Waals surface area contributed by atoms with Crippen LogP contribution in [0.4, 0.5) is 0 Å². The minimum Gasteiger partial charge on any atom is -0.493 e. The van der Waals surface area contributed by atoms with E-state index in [1.165, 1.54) is 0 Å². The van der Waals surface area contributed by atoms with Crippen LogP contribution in [0.15, 0.2) is 18.2 Å². The van der Waals surface area contributed by atoms with Crippen LogP contribution in [0.2, 0.25) is 0 Å². The van der Waals surface area contributed by atoms with E-state index in [1.54, 1.807) is 0 Å². The highest BCUT2D eigenvalue weighted by Gasteiger charge is 2.09. The monoisotopic (exact) mass is 260 g/mol. The Balaban J connectivity index is 2.40. The molecule has 1 aromatic rings. The lowest BCUT2D eigenvalue weighted by Crippen LogP contribution is -2.33. The summed E-state index contributed by atoms with van der Waals surface area (Å²) in [6.45, 7) is 6.19. The van der Waals surface area contributed by atoms with Gasteiger partial charge in [-0.3, -0.25) is 4.79 Å². The summed E-state index contributed by atoms with van der Waals surface area (Å²) >= 11 is 0. The number of nitrogens with zero attached hydrogens (tertiary/aromatic N) is 1. The van der Waals surface area contributed by atoms with Gasteiger partial charge in [0.05, 0.1) is 19.1 Å². The first-order valence-corrected chi connectivity index (χ1v) is 6.46. The van der Waals surface area contributed by atoms with Gasteiger partial charge in [-0.1, -0.05) is 19.1 Å². The zero-order chi connectivity index (χ0) is 14.3. The summed E-state index contributed by atoms with van der Waals surface area (Å²) in [5.74, 6) is 0.652. The van der Waals surface area contributed by atoms with Crippen LogP contribution in [0.1, 0.15) is 30.9 Å². The number of ether oxygens (including phenoxy) is 1. The smallest absolute Gasteiger partial charge is 0.224 e. The Kier molecular flexibility index (Phi) is 5.87. The molecule has 1 atom stereocenters. The summed E-state index contributed by atoms with van der Waals surface area (Å²) in [7, 11) is 0. The zero-order valence-corrected chi connectivity index (χ0v) is 11.7. The molecule has 0 heterocycles. The van der Waals surface area contributed by atoms with Gasteiger partial charge in [-0.05, 0) is 37.5 Å². The first-order chi connectivity index (χ1) is 9.08. The molecule has 1 amide bonds. The average Bonchev–Trinajstić information content (AvgIpc) is 2.41. The van der Waals surface area contributed by atoms with Crippen LogP contribution in [0, 0.1) is 25.2 Å². The van der Waals surface area contributed by atoms with E-state index in [-0.39, 0.29) is 12.3 Å². The van der Waals surface area contributed by atoms with E-state index in [9.17, 15) is 4.79 Å². The Morgan fingerprint density at radius 3 is 2.84 bits per heavy atom. The largest absolute Gasteiger partial charge is 0.493 e. The molecule has 0 saturated carbocycles. The van der Waals surface area contributed by atoms with Crippen molar-refractivity contribution in [3.8, 4) is 11.8 Å². The van der Waals surface area contributed by atoms with Crippen molar-refractivity contribution in [1.29, 1.82) is 5.26 Å². The summed E-state index contributed by atoms with van der Waals surface area (Å²) in [4.78, 5) is 11.6. The maximum Gasteiger partial charge on any atom is 0.224 e. The van der Waals surface area contributed by atoms with Crippen molar-refractivity contribution < 1.29 is 9.53 Å². The van der Waals surface area contributed by atoms with Gasteiger partial charge >= 0.3 is 0 Å². The predicted octanol–water partition coefficient (Wildman–Crippen LogP) is 2.49. The molecule has 0 aromatic heterocycles. The van der Waals surface area contributed by atoms with Gasteiger partial charge in [0.15, 0.2) is 0 Å². The van der Waals surface area contributed by atoms with Gasteiger partial charge < -0.3 is 10.1 Å². The molecule has 0 saturated heterocycles. The molecule has 19 heavy (non-hydrogen) atoms. The van der Waals surface area contributed by atoms with Crippen molar-refractivity contribution in [1.82, 2.24) is 5.32 Å². The van der Waals surface area contributed by atoms with Crippen molar-refractivity contribution in [3.05, 3.63) is 29.3 Å². The number of carbonyl (C=O) groups is 1. The minimum absolute atomic E-state index is 0.154. The first-order valence-electron chi connectivity index (χ1n) is 6.46. The van der Waals surface area contributed by atoms with Gasteiger partial charge in [-0.15, -0.1) is 0 Å². The third-order valence-corrected chi connectivity index (χ3v) is 3.04. The number of benzene rings is 1. The third-order valence-electron chi connectivity index (χ3n) is 3.04. The fourth-order valence-corrected chi connectivity index (χ4v) is 1.63. The zero-order valence-electron chi connectivity index (χ0n) is 11.7. The molecule has 0 fully saturated rings. The number of hydrogen-bond acceptors (Lipinski definition) is 3. The Morgan fingerprint density at radius 1 is 1.47 bits per heavy atom. The first kappa shape index (κ1) is 15.0. The van der Waals surface area contributed by atoms with Gasteiger partial charge in [0, 0.05) is 0 Å². The Morgan fingerprint density at radius 2 is 2.21 bits per heavy atom. The van der Waals surface area contributed by atoms with Crippen LogP contribution in [-0.4, -0.2) is 18.6 Å². The molecule has 0 aliphatic carbocycles. The van der Waals surface area contributed by atoms with Crippen molar-refractivity contribution in [2.75, 3.05) is 6.61 Å². The molecule has 1 aromatic carbocycles. The lowest BCUT2D eigenvalue weighted by Gasteiger charge is -2.12. The molecular weight excluding hydrogens is 240 g/mol. The molecule has 0 spiro atoms. The Labute approximate surface area is 114 Å². The highest BCUT2D eigenvalue weighted by atomic mass is 16.5. The standard InChI is InChI=1S/C15H20N2O2/c1-4-13(10-16)17-15(18)8-9-19-14-7-5-6-11(2)12(14)3/h5-7,13H,4,8-9H2,1-3H3,(H,17,18)/t13-/m1/s1. The molecule has 1 N–H and O–H groups in total. The Bertz CT molecular complexity index is 478. The molecule has 4 heteroatoms.